The van der Waals surface area contributed by atoms with Crippen molar-refractivity contribution in [2.45, 2.75) is 19.3 Å². The molecule has 0 saturated carbocycles. The largest absolute Gasteiger partial charge is 0.392 e. The second-order valence-electron chi connectivity index (χ2n) is 5.51. The van der Waals surface area contributed by atoms with Gasteiger partial charge in [-0.2, -0.15) is 5.10 Å². The van der Waals surface area contributed by atoms with Crippen LogP contribution in [-0.2, 0) is 12.8 Å². The highest BCUT2D eigenvalue weighted by molar-refractivity contribution is 9.08. The molecule has 5 N–H and O–H groups in total. The predicted octanol–water partition coefficient (Wildman–Crippen LogP) is -0.465. The number of carbonyl (C=O) groups excluding carboxylic acids is 1. The van der Waals surface area contributed by atoms with Gasteiger partial charge in [0.05, 0.1) is 21.8 Å². The van der Waals surface area contributed by atoms with Crippen LogP contribution in [-0.4, -0.2) is 31.2 Å². The molecule has 1 unspecified atom stereocenters. The molecule has 1 amide bonds. The van der Waals surface area contributed by atoms with Gasteiger partial charge in [0.2, 0.25) is 0 Å². The van der Waals surface area contributed by atoms with E-state index in [2.05, 4.69) is 31.5 Å². The van der Waals surface area contributed by atoms with Crippen molar-refractivity contribution < 1.29 is 4.79 Å². The number of nitrogens with zero attached hydrogens (tertiary/aromatic N) is 2. The lowest BCUT2D eigenvalue weighted by Crippen LogP contribution is -2.36. The molecule has 0 radical (unpaired) electrons. The van der Waals surface area contributed by atoms with Crippen LogP contribution >= 0.6 is 16.1 Å². The molecule has 3 rings (SSSR count). The lowest BCUT2D eigenvalue weighted by Gasteiger charge is -2.21. The van der Waals surface area contributed by atoms with Crippen molar-refractivity contribution in [2.75, 3.05) is 12.3 Å². The Bertz CT molecular complexity index is 867. The van der Waals surface area contributed by atoms with Crippen LogP contribution in [0, 0.1) is 5.92 Å². The molecular formula is C13H15BrN6O3. The summed E-state index contributed by atoms with van der Waals surface area (Å²) in [5, 5.41) is 7.03. The maximum absolute atomic E-state index is 12.1. The third kappa shape index (κ3) is 3.21. The van der Waals surface area contributed by atoms with E-state index in [9.17, 15) is 14.4 Å². The summed E-state index contributed by atoms with van der Waals surface area (Å²) in [7, 11) is 0. The molecule has 1 aliphatic rings. The van der Waals surface area contributed by atoms with Crippen LogP contribution in [0.15, 0.2) is 15.8 Å². The minimum absolute atomic E-state index is 0.205. The number of rotatable bonds is 3. The van der Waals surface area contributed by atoms with E-state index in [0.29, 0.717) is 6.54 Å². The zero-order valence-corrected chi connectivity index (χ0v) is 13.6. The molecule has 2 aromatic heterocycles. The zero-order valence-electron chi connectivity index (χ0n) is 12.1. The number of hydrogen-bond donors (Lipinski definition) is 4. The number of fused-ring (bicyclic) bond motifs is 1. The van der Waals surface area contributed by atoms with Gasteiger partial charge in [-0.15, -0.1) is 0 Å². The van der Waals surface area contributed by atoms with Crippen molar-refractivity contribution >= 4 is 27.7 Å². The Morgan fingerprint density at radius 3 is 3.04 bits per heavy atom. The minimum atomic E-state index is -0.772. The molecule has 1 atom stereocenters. The quantitative estimate of drug-likeness (QED) is 0.568. The molecule has 0 fully saturated rings. The van der Waals surface area contributed by atoms with Crippen LogP contribution in [0.3, 0.4) is 0 Å². The average Bonchev–Trinajstić information content (AvgIpc) is 2.87. The summed E-state index contributed by atoms with van der Waals surface area (Å²) in [6, 6.07) is 0. The second-order valence-corrected chi connectivity index (χ2v) is 6.23. The Morgan fingerprint density at radius 1 is 1.48 bits per heavy atom. The van der Waals surface area contributed by atoms with E-state index in [1.54, 1.807) is 3.71 Å². The summed E-state index contributed by atoms with van der Waals surface area (Å²) in [6.07, 6.45) is 4.47. The smallest absolute Gasteiger partial charge is 0.326 e. The number of H-pyrrole nitrogens is 2. The van der Waals surface area contributed by atoms with Gasteiger partial charge in [-0.3, -0.25) is 14.6 Å². The number of anilines is 1. The normalized spacial score (nSPS) is 16.8. The maximum Gasteiger partial charge on any atom is 0.326 e. The number of nitrogens with two attached hydrogens (primary N) is 1. The third-order valence-electron chi connectivity index (χ3n) is 3.91. The number of halogens is 1. The molecular weight excluding hydrogens is 368 g/mol. The fraction of sp³-hybridized carbons (Fsp3) is 0.385. The molecule has 0 spiro atoms. The first-order valence-corrected chi connectivity index (χ1v) is 7.79. The monoisotopic (exact) mass is 382 g/mol. The third-order valence-corrected chi connectivity index (χ3v) is 4.27. The van der Waals surface area contributed by atoms with E-state index in [1.807, 2.05) is 11.2 Å². The second kappa shape index (κ2) is 6.03. The Hall–Kier alpha value is -2.36. The highest BCUT2D eigenvalue weighted by Gasteiger charge is 2.23. The van der Waals surface area contributed by atoms with Gasteiger partial charge >= 0.3 is 5.69 Å². The van der Waals surface area contributed by atoms with Crippen LogP contribution in [0.1, 0.15) is 28.2 Å². The lowest BCUT2D eigenvalue weighted by molar-refractivity contribution is 0.0941. The number of amides is 1. The van der Waals surface area contributed by atoms with Gasteiger partial charge in [-0.25, -0.2) is 8.50 Å². The Kier molecular flexibility index (Phi) is 4.07. The van der Waals surface area contributed by atoms with Gasteiger partial charge in [-0.05, 0) is 30.7 Å². The number of hydrogen-bond acceptors (Lipinski definition) is 5. The zero-order chi connectivity index (χ0) is 16.6. The van der Waals surface area contributed by atoms with E-state index < -0.39 is 17.2 Å². The van der Waals surface area contributed by atoms with E-state index in [4.69, 9.17) is 5.73 Å². The van der Waals surface area contributed by atoms with Gasteiger partial charge in [-0.1, -0.05) is 0 Å². The summed E-state index contributed by atoms with van der Waals surface area (Å²) in [6.45, 7) is 0.431. The fourth-order valence-electron chi connectivity index (χ4n) is 2.72. The molecule has 2 aromatic rings. The molecule has 23 heavy (non-hydrogen) atoms. The molecule has 10 heteroatoms. The predicted molar refractivity (Wildman–Crippen MR) is 86.5 cm³/mol. The minimum Gasteiger partial charge on any atom is -0.392 e. The number of nitrogen functional groups attached to an aromatic ring is 1. The SMILES string of the molecule is Nc1c(C(=O)NCC2CCc3nn(Br)cc3C2)[nH]c(=O)[nH]c1=O. The van der Waals surface area contributed by atoms with Crippen LogP contribution in [0.4, 0.5) is 5.69 Å². The topological polar surface area (TPSA) is 139 Å². The molecule has 0 aliphatic heterocycles. The Labute approximate surface area is 138 Å². The highest BCUT2D eigenvalue weighted by atomic mass is 79.9. The summed E-state index contributed by atoms with van der Waals surface area (Å²) in [4.78, 5) is 39.0. The van der Waals surface area contributed by atoms with Gasteiger partial charge < -0.3 is 16.0 Å². The number of nitrogens with one attached hydrogen (secondary N) is 3. The molecule has 9 nitrogen and oxygen atoms in total. The molecule has 122 valence electrons. The molecule has 0 bridgehead atoms. The first-order valence-electron chi connectivity index (χ1n) is 7.08. The highest BCUT2D eigenvalue weighted by Crippen LogP contribution is 2.24. The average molecular weight is 383 g/mol. The number of aromatic nitrogens is 4. The summed E-state index contributed by atoms with van der Waals surface area (Å²) in [5.41, 5.74) is 5.71. The Balaban J connectivity index is 1.66. The molecule has 0 saturated heterocycles. The van der Waals surface area contributed by atoms with E-state index in [0.717, 1.165) is 30.5 Å². The van der Waals surface area contributed by atoms with Crippen molar-refractivity contribution in [1.82, 2.24) is 24.1 Å². The van der Waals surface area contributed by atoms with Crippen LogP contribution in [0.5, 0.6) is 0 Å². The summed E-state index contributed by atoms with van der Waals surface area (Å²) < 4.78 is 1.61. The Morgan fingerprint density at radius 2 is 2.26 bits per heavy atom. The van der Waals surface area contributed by atoms with Gasteiger partial charge in [0.1, 0.15) is 11.4 Å². The number of aryl methyl sites for hydroxylation is 1. The standard InChI is InChI=1S/C13H15BrN6O3/c14-20-5-7-3-6(1-2-8(7)19-20)4-16-12(22)10-9(15)11(21)18-13(23)17-10/h5-6H,1-4,15H2,(H,16,22)(H2,17,18,21,23). The molecule has 1 aliphatic carbocycles. The van der Waals surface area contributed by atoms with Gasteiger partial charge in [0.25, 0.3) is 11.5 Å². The number of carbonyl (C=O) groups is 1. The van der Waals surface area contributed by atoms with Gasteiger partial charge in [0.15, 0.2) is 0 Å². The van der Waals surface area contributed by atoms with E-state index >= 15 is 0 Å². The van der Waals surface area contributed by atoms with Crippen molar-refractivity contribution in [3.05, 3.63) is 44.0 Å². The molecule has 2 heterocycles. The van der Waals surface area contributed by atoms with Gasteiger partial charge in [0, 0.05) is 12.7 Å². The first kappa shape index (κ1) is 15.5. The summed E-state index contributed by atoms with van der Waals surface area (Å²) in [5.74, 6) is -0.300. The van der Waals surface area contributed by atoms with Crippen molar-refractivity contribution in [1.29, 1.82) is 0 Å². The van der Waals surface area contributed by atoms with Crippen LogP contribution < -0.4 is 22.3 Å². The first-order chi connectivity index (χ1) is 10.9. The maximum atomic E-state index is 12.1. The lowest BCUT2D eigenvalue weighted by atomic mass is 9.88. The van der Waals surface area contributed by atoms with Crippen molar-refractivity contribution in [3.63, 3.8) is 0 Å². The van der Waals surface area contributed by atoms with Crippen LogP contribution in [0.25, 0.3) is 0 Å². The van der Waals surface area contributed by atoms with Crippen molar-refractivity contribution in [3.8, 4) is 0 Å². The van der Waals surface area contributed by atoms with E-state index in [1.165, 1.54) is 0 Å². The fourth-order valence-corrected chi connectivity index (χ4v) is 3.16. The van der Waals surface area contributed by atoms with Crippen LogP contribution in [0.2, 0.25) is 0 Å². The van der Waals surface area contributed by atoms with Crippen molar-refractivity contribution in [2.24, 2.45) is 5.92 Å². The number of aromatic amines is 2. The summed E-state index contributed by atoms with van der Waals surface area (Å²) >= 11 is 3.28. The molecule has 0 aromatic carbocycles. The van der Waals surface area contributed by atoms with E-state index in [-0.39, 0.29) is 17.3 Å².